The predicted octanol–water partition coefficient (Wildman–Crippen LogP) is 0.388. The summed E-state index contributed by atoms with van der Waals surface area (Å²) in [6.07, 6.45) is 1.47. The van der Waals surface area contributed by atoms with Crippen molar-refractivity contribution in [3.63, 3.8) is 0 Å². The summed E-state index contributed by atoms with van der Waals surface area (Å²) in [6, 6.07) is 6.16. The van der Waals surface area contributed by atoms with Crippen LogP contribution in [0.25, 0.3) is 0 Å². The maximum atomic E-state index is 12.6. The minimum Gasteiger partial charge on any atom is -0.384 e. The molecule has 1 heterocycles. The van der Waals surface area contributed by atoms with Gasteiger partial charge in [0.1, 0.15) is 0 Å². The Morgan fingerprint density at radius 3 is 2.38 bits per heavy atom. The third-order valence-electron chi connectivity index (χ3n) is 4.17. The highest BCUT2D eigenvalue weighted by Gasteiger charge is 2.39. The molecule has 1 aliphatic rings. The zero-order valence-corrected chi connectivity index (χ0v) is 15.2. The lowest BCUT2D eigenvalue weighted by Gasteiger charge is -2.35. The molecule has 0 radical (unpaired) electrons. The van der Waals surface area contributed by atoms with Crippen LogP contribution in [-0.2, 0) is 26.1 Å². The van der Waals surface area contributed by atoms with E-state index in [0.717, 1.165) is 31.5 Å². The third-order valence-corrected chi connectivity index (χ3v) is 5.10. The molecule has 0 bridgehead atoms. The molecule has 1 aromatic rings. The van der Waals surface area contributed by atoms with E-state index in [2.05, 4.69) is 10.6 Å². The molecule has 0 aromatic heterocycles. The molecule has 4 N–H and O–H groups in total. The van der Waals surface area contributed by atoms with Gasteiger partial charge in [0, 0.05) is 13.7 Å². The van der Waals surface area contributed by atoms with Crippen LogP contribution in [0.4, 0.5) is 0 Å². The minimum absolute atomic E-state index is 0. The Labute approximate surface area is 148 Å². The van der Waals surface area contributed by atoms with Crippen molar-refractivity contribution in [2.45, 2.75) is 24.3 Å². The van der Waals surface area contributed by atoms with Gasteiger partial charge in [-0.1, -0.05) is 12.1 Å². The summed E-state index contributed by atoms with van der Waals surface area (Å²) in [6.45, 7) is 2.31. The van der Waals surface area contributed by atoms with Crippen molar-refractivity contribution < 1.29 is 17.9 Å². The highest BCUT2D eigenvalue weighted by Crippen LogP contribution is 2.29. The molecule has 1 amide bonds. The van der Waals surface area contributed by atoms with Crippen molar-refractivity contribution in [2.24, 2.45) is 10.6 Å². The summed E-state index contributed by atoms with van der Waals surface area (Å²) < 4.78 is 27.7. The van der Waals surface area contributed by atoms with E-state index in [1.54, 1.807) is 19.2 Å². The fraction of sp³-hybridized carbons (Fsp3) is 0.533. The molecular formula is C15H24ClN3O4S. The first kappa shape index (κ1) is 20.9. The second kappa shape index (κ2) is 8.77. The molecule has 0 unspecified atom stereocenters. The molecule has 2 rings (SSSR count). The molecule has 0 saturated carbocycles. The number of ether oxygens (including phenoxy) is 1. The fourth-order valence-corrected chi connectivity index (χ4v) is 3.30. The first-order valence-corrected chi connectivity index (χ1v) is 9.02. The maximum Gasteiger partial charge on any atom is 0.238 e. The number of carbonyl (C=O) groups excluding carboxylic acids is 1. The molecule has 1 aromatic carbocycles. The number of nitrogens with two attached hydrogens (primary N) is 1. The standard InChI is InChI=1S/C15H23N3O4S.ClH/c1-22-11-15(6-8-17-9-7-15)14(19)18-10-12-2-4-13(5-3-12)23(16,20)21;/h2-5,17H,6-11H2,1H3,(H,18,19)(H2,16,20,21);1H. The van der Waals surface area contributed by atoms with Crippen LogP contribution in [0, 0.1) is 5.41 Å². The summed E-state index contributed by atoms with van der Waals surface area (Å²) >= 11 is 0. The van der Waals surface area contributed by atoms with Gasteiger partial charge >= 0.3 is 0 Å². The van der Waals surface area contributed by atoms with Gasteiger partial charge in [-0.3, -0.25) is 4.79 Å². The maximum absolute atomic E-state index is 12.6. The first-order valence-electron chi connectivity index (χ1n) is 7.47. The zero-order chi connectivity index (χ0) is 16.9. The number of amides is 1. The SMILES string of the molecule is COCC1(C(=O)NCc2ccc(S(N)(=O)=O)cc2)CCNCC1.Cl. The van der Waals surface area contributed by atoms with Gasteiger partial charge < -0.3 is 15.4 Å². The van der Waals surface area contributed by atoms with Gasteiger partial charge in [0.25, 0.3) is 0 Å². The average Bonchev–Trinajstić information content (AvgIpc) is 2.53. The van der Waals surface area contributed by atoms with E-state index in [0.29, 0.717) is 13.2 Å². The van der Waals surface area contributed by atoms with E-state index >= 15 is 0 Å². The lowest BCUT2D eigenvalue weighted by atomic mass is 9.78. The Balaban J connectivity index is 0.00000288. The smallest absolute Gasteiger partial charge is 0.238 e. The monoisotopic (exact) mass is 377 g/mol. The molecule has 0 aliphatic carbocycles. The normalized spacial score (nSPS) is 16.9. The molecule has 136 valence electrons. The van der Waals surface area contributed by atoms with Crippen LogP contribution in [-0.4, -0.2) is 41.1 Å². The van der Waals surface area contributed by atoms with Crippen LogP contribution in [0.3, 0.4) is 0 Å². The lowest BCUT2D eigenvalue weighted by Crippen LogP contribution is -2.49. The van der Waals surface area contributed by atoms with Crippen LogP contribution in [0.2, 0.25) is 0 Å². The Hall–Kier alpha value is -1.19. The first-order chi connectivity index (χ1) is 10.9. The molecule has 1 fully saturated rings. The molecular weight excluding hydrogens is 354 g/mol. The summed E-state index contributed by atoms with van der Waals surface area (Å²) in [5, 5.41) is 11.2. The van der Waals surface area contributed by atoms with Crippen LogP contribution >= 0.6 is 12.4 Å². The van der Waals surface area contributed by atoms with Gasteiger partial charge in [-0.25, -0.2) is 13.6 Å². The highest BCUT2D eigenvalue weighted by atomic mass is 35.5. The van der Waals surface area contributed by atoms with Gasteiger partial charge in [-0.05, 0) is 43.6 Å². The molecule has 1 saturated heterocycles. The Bertz CT molecular complexity index is 638. The molecule has 9 heteroatoms. The van der Waals surface area contributed by atoms with Crippen molar-refractivity contribution in [3.05, 3.63) is 29.8 Å². The summed E-state index contributed by atoms with van der Waals surface area (Å²) in [5.41, 5.74) is 0.313. The lowest BCUT2D eigenvalue weighted by molar-refractivity contribution is -0.136. The summed E-state index contributed by atoms with van der Waals surface area (Å²) in [4.78, 5) is 12.6. The van der Waals surface area contributed by atoms with Crippen LogP contribution in [0.5, 0.6) is 0 Å². The van der Waals surface area contributed by atoms with Crippen molar-refractivity contribution in [3.8, 4) is 0 Å². The number of benzene rings is 1. The largest absolute Gasteiger partial charge is 0.384 e. The second-order valence-electron chi connectivity index (χ2n) is 5.83. The Morgan fingerprint density at radius 1 is 1.29 bits per heavy atom. The van der Waals surface area contributed by atoms with Crippen molar-refractivity contribution >= 4 is 28.3 Å². The quantitative estimate of drug-likeness (QED) is 0.664. The minimum atomic E-state index is -3.70. The van der Waals surface area contributed by atoms with Crippen molar-refractivity contribution in [1.29, 1.82) is 0 Å². The number of rotatable bonds is 6. The number of methoxy groups -OCH3 is 1. The Kier molecular flexibility index (Phi) is 7.62. The number of halogens is 1. The van der Waals surface area contributed by atoms with E-state index in [9.17, 15) is 13.2 Å². The van der Waals surface area contributed by atoms with Crippen LogP contribution in [0.15, 0.2) is 29.2 Å². The van der Waals surface area contributed by atoms with E-state index in [4.69, 9.17) is 9.88 Å². The fourth-order valence-electron chi connectivity index (χ4n) is 2.79. The number of piperidine rings is 1. The number of sulfonamides is 1. The zero-order valence-electron chi connectivity index (χ0n) is 13.6. The topological polar surface area (TPSA) is 111 Å². The van der Waals surface area contributed by atoms with Gasteiger partial charge in [0.05, 0.1) is 16.9 Å². The number of hydrogen-bond donors (Lipinski definition) is 3. The van der Waals surface area contributed by atoms with Crippen molar-refractivity contribution in [1.82, 2.24) is 10.6 Å². The number of primary sulfonamides is 1. The highest BCUT2D eigenvalue weighted by molar-refractivity contribution is 7.89. The molecule has 1 aliphatic heterocycles. The van der Waals surface area contributed by atoms with Crippen LogP contribution < -0.4 is 15.8 Å². The van der Waals surface area contributed by atoms with Gasteiger partial charge in [0.2, 0.25) is 15.9 Å². The third kappa shape index (κ3) is 5.15. The number of hydrogen-bond acceptors (Lipinski definition) is 5. The molecule has 0 spiro atoms. The second-order valence-corrected chi connectivity index (χ2v) is 7.40. The molecule has 7 nitrogen and oxygen atoms in total. The van der Waals surface area contributed by atoms with Crippen LogP contribution in [0.1, 0.15) is 18.4 Å². The van der Waals surface area contributed by atoms with E-state index in [1.165, 1.54) is 12.1 Å². The Morgan fingerprint density at radius 2 is 1.88 bits per heavy atom. The number of carbonyl (C=O) groups is 1. The van der Waals surface area contributed by atoms with Crippen molar-refractivity contribution in [2.75, 3.05) is 26.8 Å². The predicted molar refractivity (Wildman–Crippen MR) is 93.3 cm³/mol. The van der Waals surface area contributed by atoms with Gasteiger partial charge in [0.15, 0.2) is 0 Å². The average molecular weight is 378 g/mol. The van der Waals surface area contributed by atoms with E-state index < -0.39 is 15.4 Å². The van der Waals surface area contributed by atoms with Gasteiger partial charge in [-0.15, -0.1) is 12.4 Å². The van der Waals surface area contributed by atoms with E-state index in [-0.39, 0.29) is 23.2 Å². The van der Waals surface area contributed by atoms with Gasteiger partial charge in [-0.2, -0.15) is 0 Å². The summed E-state index contributed by atoms with van der Waals surface area (Å²) in [7, 11) is -2.10. The molecule has 24 heavy (non-hydrogen) atoms. The summed E-state index contributed by atoms with van der Waals surface area (Å²) in [5.74, 6) is -0.0311. The van der Waals surface area contributed by atoms with E-state index in [1.807, 2.05) is 0 Å². The number of nitrogens with one attached hydrogen (secondary N) is 2. The molecule has 0 atom stereocenters.